The Morgan fingerprint density at radius 1 is 1.13 bits per heavy atom. The van der Waals surface area contributed by atoms with Crippen LogP contribution in [0.25, 0.3) is 5.69 Å². The van der Waals surface area contributed by atoms with Crippen molar-refractivity contribution in [2.75, 3.05) is 18.6 Å². The molecule has 1 amide bonds. The van der Waals surface area contributed by atoms with E-state index in [4.69, 9.17) is 9.47 Å². The van der Waals surface area contributed by atoms with E-state index in [0.29, 0.717) is 12.1 Å². The number of aromatic nitrogens is 1. The number of ether oxygens (including phenoxy) is 2. The summed E-state index contributed by atoms with van der Waals surface area (Å²) >= 11 is 3.57. The maximum absolute atomic E-state index is 14.4. The van der Waals surface area contributed by atoms with Gasteiger partial charge in [-0.1, -0.05) is 35.0 Å². The van der Waals surface area contributed by atoms with Crippen LogP contribution < -0.4 is 15.2 Å². The van der Waals surface area contributed by atoms with E-state index in [-0.39, 0.29) is 41.8 Å². The van der Waals surface area contributed by atoms with E-state index in [2.05, 4.69) is 15.9 Å². The molecule has 2 aromatic carbocycles. The third-order valence-electron chi connectivity index (χ3n) is 8.02. The van der Waals surface area contributed by atoms with Gasteiger partial charge in [-0.2, -0.15) is 0 Å². The third kappa shape index (κ3) is 4.58. The number of pyridine rings is 1. The molecular weight excluding hydrogens is 580 g/mol. The van der Waals surface area contributed by atoms with Gasteiger partial charge < -0.3 is 24.3 Å². The normalized spacial score (nSPS) is 24.4. The number of carbonyl (C=O) groups is 1. The van der Waals surface area contributed by atoms with E-state index in [1.54, 1.807) is 23.2 Å². The van der Waals surface area contributed by atoms with Gasteiger partial charge >= 0.3 is 0 Å². The molecule has 1 saturated heterocycles. The third-order valence-corrected chi connectivity index (χ3v) is 11.0. The van der Waals surface area contributed by atoms with Gasteiger partial charge in [-0.05, 0) is 67.5 Å². The largest absolute Gasteiger partial charge is 0.491 e. The zero-order chi connectivity index (χ0) is 28.1. The molecule has 2 aliphatic rings. The molecule has 0 bridgehead atoms. The summed E-state index contributed by atoms with van der Waals surface area (Å²) in [5, 5.41) is 9.77. The fraction of sp³-hybridized carbons (Fsp3) is 0.379. The molecule has 0 radical (unpaired) electrons. The summed E-state index contributed by atoms with van der Waals surface area (Å²) in [6.45, 7) is 5.90. The number of carbonyl (C=O) groups excluding carboxylic acids is 1. The molecule has 1 fully saturated rings. The number of hydrogen-bond donors (Lipinski definition) is 2. The van der Waals surface area contributed by atoms with Crippen molar-refractivity contribution in [2.45, 2.75) is 50.2 Å². The van der Waals surface area contributed by atoms with Crippen LogP contribution in [0.3, 0.4) is 0 Å². The first-order valence-electron chi connectivity index (χ1n) is 13.0. The molecule has 2 N–H and O–H groups in total. The molecule has 3 heterocycles. The zero-order valence-corrected chi connectivity index (χ0v) is 25.0. The number of nitrogens with zero attached hydrogens (tertiary/aromatic N) is 2. The number of fused-ring (bicyclic) bond motifs is 2. The van der Waals surface area contributed by atoms with Crippen molar-refractivity contribution in [3.63, 3.8) is 0 Å². The van der Waals surface area contributed by atoms with Crippen LogP contribution in [-0.2, 0) is 21.7 Å². The first-order chi connectivity index (χ1) is 18.5. The number of aliphatic hydroxyl groups excluding tert-OH is 1. The van der Waals surface area contributed by atoms with Crippen molar-refractivity contribution in [2.24, 2.45) is 5.92 Å². The molecule has 2 aliphatic heterocycles. The lowest BCUT2D eigenvalue weighted by Crippen LogP contribution is -2.46. The summed E-state index contributed by atoms with van der Waals surface area (Å²) in [5.41, 5.74) is 1.25. The SMILES string of the molecule is COc1cccn(-c2cccc(CN3C(=O)[C@@]4(O[C@@H](CCO)[C@H]([Si](C)(C)O)[C@H]4C)c4cc(Br)ccc43)c2)c1=O. The Balaban J connectivity index is 1.56. The van der Waals surface area contributed by atoms with Crippen LogP contribution in [0.4, 0.5) is 5.69 Å². The summed E-state index contributed by atoms with van der Waals surface area (Å²) in [7, 11) is -1.30. The minimum atomic E-state index is -2.76. The molecule has 0 aliphatic carbocycles. The van der Waals surface area contributed by atoms with Gasteiger partial charge in [0.15, 0.2) is 19.7 Å². The van der Waals surface area contributed by atoms with Crippen molar-refractivity contribution in [3.05, 3.63) is 86.7 Å². The van der Waals surface area contributed by atoms with Gasteiger partial charge in [0, 0.05) is 40.0 Å². The average molecular weight is 614 g/mol. The van der Waals surface area contributed by atoms with Crippen LogP contribution in [0.1, 0.15) is 24.5 Å². The first-order valence-corrected chi connectivity index (χ1v) is 16.8. The van der Waals surface area contributed by atoms with Crippen LogP contribution in [0.5, 0.6) is 5.75 Å². The Bertz CT molecular complexity index is 1470. The lowest BCUT2D eigenvalue weighted by atomic mass is 9.82. The molecule has 4 atom stereocenters. The number of benzene rings is 2. The molecule has 8 nitrogen and oxygen atoms in total. The zero-order valence-electron chi connectivity index (χ0n) is 22.4. The Labute approximate surface area is 237 Å². The lowest BCUT2D eigenvalue weighted by molar-refractivity contribution is -0.146. The van der Waals surface area contributed by atoms with E-state index in [1.807, 2.05) is 62.5 Å². The van der Waals surface area contributed by atoms with Crippen molar-refractivity contribution in [1.82, 2.24) is 4.57 Å². The maximum Gasteiger partial charge on any atom is 0.297 e. The second-order valence-electron chi connectivity index (χ2n) is 10.8. The Hall–Kier alpha value is -2.76. The quantitative estimate of drug-likeness (QED) is 0.385. The van der Waals surface area contributed by atoms with Crippen LogP contribution in [0, 0.1) is 5.92 Å². The van der Waals surface area contributed by atoms with E-state index in [0.717, 1.165) is 21.3 Å². The topological polar surface area (TPSA) is 101 Å². The second kappa shape index (κ2) is 10.3. The monoisotopic (exact) mass is 612 g/mol. The number of rotatable bonds is 7. The minimum Gasteiger partial charge on any atom is -0.491 e. The molecule has 1 spiro atoms. The van der Waals surface area contributed by atoms with E-state index in [1.165, 1.54) is 11.7 Å². The lowest BCUT2D eigenvalue weighted by Gasteiger charge is -2.32. The summed E-state index contributed by atoms with van der Waals surface area (Å²) in [5.74, 6) is -0.238. The number of methoxy groups -OCH3 is 1. The molecule has 3 aromatic rings. The molecule has 1 aromatic heterocycles. The smallest absolute Gasteiger partial charge is 0.297 e. The fourth-order valence-corrected chi connectivity index (χ4v) is 9.39. The highest BCUT2D eigenvalue weighted by atomic mass is 79.9. The number of aliphatic hydroxyl groups is 1. The molecule has 0 saturated carbocycles. The number of halogens is 1. The Morgan fingerprint density at radius 3 is 2.59 bits per heavy atom. The summed E-state index contributed by atoms with van der Waals surface area (Å²) < 4.78 is 14.2. The summed E-state index contributed by atoms with van der Waals surface area (Å²) in [6, 6.07) is 16.6. The predicted octanol–water partition coefficient (Wildman–Crippen LogP) is 4.34. The minimum absolute atomic E-state index is 0.0892. The molecule has 10 heteroatoms. The highest BCUT2D eigenvalue weighted by Crippen LogP contribution is 2.60. The first kappa shape index (κ1) is 27.8. The Kier molecular flexibility index (Phi) is 7.36. The number of anilines is 1. The molecule has 206 valence electrons. The van der Waals surface area contributed by atoms with Crippen LogP contribution in [0.15, 0.2) is 70.1 Å². The van der Waals surface area contributed by atoms with Crippen molar-refractivity contribution in [3.8, 4) is 11.4 Å². The molecular formula is C29H33BrN2O6Si. The van der Waals surface area contributed by atoms with Gasteiger partial charge in [-0.15, -0.1) is 0 Å². The maximum atomic E-state index is 14.4. The highest BCUT2D eigenvalue weighted by Gasteiger charge is 2.66. The van der Waals surface area contributed by atoms with Gasteiger partial charge in [0.1, 0.15) is 0 Å². The number of amides is 1. The fourth-order valence-electron chi connectivity index (χ4n) is 6.42. The van der Waals surface area contributed by atoms with Crippen LogP contribution in [-0.4, -0.2) is 48.5 Å². The van der Waals surface area contributed by atoms with Gasteiger partial charge in [0.05, 0.1) is 25.4 Å². The average Bonchev–Trinajstić information content (AvgIpc) is 3.31. The van der Waals surface area contributed by atoms with Gasteiger partial charge in [-0.3, -0.25) is 14.2 Å². The van der Waals surface area contributed by atoms with Gasteiger partial charge in [0.25, 0.3) is 11.5 Å². The second-order valence-corrected chi connectivity index (χ2v) is 15.7. The van der Waals surface area contributed by atoms with Crippen molar-refractivity contribution < 1.29 is 24.2 Å². The van der Waals surface area contributed by atoms with Crippen LogP contribution in [0.2, 0.25) is 18.6 Å². The summed E-state index contributed by atoms with van der Waals surface area (Å²) in [6.07, 6.45) is 1.60. The van der Waals surface area contributed by atoms with Crippen LogP contribution >= 0.6 is 15.9 Å². The highest BCUT2D eigenvalue weighted by molar-refractivity contribution is 9.10. The van der Waals surface area contributed by atoms with E-state index in [9.17, 15) is 19.5 Å². The van der Waals surface area contributed by atoms with E-state index >= 15 is 0 Å². The molecule has 39 heavy (non-hydrogen) atoms. The van der Waals surface area contributed by atoms with E-state index < -0.39 is 20.0 Å². The number of hydrogen-bond acceptors (Lipinski definition) is 6. The molecule has 0 unspecified atom stereocenters. The van der Waals surface area contributed by atoms with Crippen molar-refractivity contribution in [1.29, 1.82) is 0 Å². The van der Waals surface area contributed by atoms with Gasteiger partial charge in [0.2, 0.25) is 0 Å². The van der Waals surface area contributed by atoms with Crippen molar-refractivity contribution >= 4 is 35.8 Å². The Morgan fingerprint density at radius 2 is 1.90 bits per heavy atom. The standard InChI is InChI=1S/C29H33BrN2O6Si/c1-18-26(39(3,4)36)24(12-14-33)38-29(18)22-16-20(30)10-11-23(22)32(28(29)35)17-19-7-5-8-21(15-19)31-13-6-9-25(37-2)27(31)34/h5-11,13,15-16,18,24,26,33,36H,12,14,17H2,1-4H3/t18-,24+,26-,29+/m1/s1. The predicted molar refractivity (Wildman–Crippen MR) is 155 cm³/mol. The summed E-state index contributed by atoms with van der Waals surface area (Å²) in [4.78, 5) is 40.2. The molecule has 5 rings (SSSR count). The van der Waals surface area contributed by atoms with Gasteiger partial charge in [-0.25, -0.2) is 0 Å².